The standard InChI is InChI=1S/C15H18F3N3O2/c1-9(10-3-2-4-12(7-10)15(16,17)18)20-14(23)21-6-5-11(8-21)13(19)22/h2-4,7,9,11H,5-6,8H2,1H3,(H2,19,22)(H,20,23). The number of amides is 3. The Morgan fingerprint density at radius 1 is 1.39 bits per heavy atom. The maximum Gasteiger partial charge on any atom is 0.416 e. The Balaban J connectivity index is 2.01. The minimum atomic E-state index is -4.43. The summed E-state index contributed by atoms with van der Waals surface area (Å²) in [4.78, 5) is 24.7. The smallest absolute Gasteiger partial charge is 0.369 e. The van der Waals surface area contributed by atoms with Gasteiger partial charge in [-0.15, -0.1) is 0 Å². The predicted molar refractivity (Wildman–Crippen MR) is 77.3 cm³/mol. The number of primary amides is 1. The second-order valence-corrected chi connectivity index (χ2v) is 5.63. The van der Waals surface area contributed by atoms with E-state index in [0.717, 1.165) is 12.1 Å². The number of hydrogen-bond donors (Lipinski definition) is 2. The van der Waals surface area contributed by atoms with Crippen LogP contribution in [0.5, 0.6) is 0 Å². The number of rotatable bonds is 3. The molecule has 1 heterocycles. The molecule has 126 valence electrons. The fourth-order valence-corrected chi connectivity index (χ4v) is 2.52. The third-order valence-corrected chi connectivity index (χ3v) is 3.93. The van der Waals surface area contributed by atoms with Crippen LogP contribution in [-0.4, -0.2) is 29.9 Å². The lowest BCUT2D eigenvalue weighted by atomic mass is 10.1. The number of halogens is 3. The summed E-state index contributed by atoms with van der Waals surface area (Å²) in [5, 5.41) is 2.64. The summed E-state index contributed by atoms with van der Waals surface area (Å²) >= 11 is 0. The molecular weight excluding hydrogens is 311 g/mol. The van der Waals surface area contributed by atoms with Crippen molar-refractivity contribution in [3.8, 4) is 0 Å². The van der Waals surface area contributed by atoms with Crippen LogP contribution in [0, 0.1) is 5.92 Å². The van der Waals surface area contributed by atoms with Gasteiger partial charge in [-0.05, 0) is 31.0 Å². The summed E-state index contributed by atoms with van der Waals surface area (Å²) in [5.41, 5.74) is 4.81. The summed E-state index contributed by atoms with van der Waals surface area (Å²) < 4.78 is 38.2. The molecule has 0 saturated carbocycles. The largest absolute Gasteiger partial charge is 0.416 e. The Morgan fingerprint density at radius 2 is 2.09 bits per heavy atom. The van der Waals surface area contributed by atoms with E-state index in [2.05, 4.69) is 5.32 Å². The molecular formula is C15H18F3N3O2. The molecule has 1 fully saturated rings. The second kappa shape index (κ2) is 6.47. The molecule has 2 rings (SSSR count). The van der Waals surface area contributed by atoms with Crippen molar-refractivity contribution in [3.05, 3.63) is 35.4 Å². The Kier molecular flexibility index (Phi) is 4.82. The summed E-state index contributed by atoms with van der Waals surface area (Å²) in [7, 11) is 0. The molecule has 1 aromatic carbocycles. The summed E-state index contributed by atoms with van der Waals surface area (Å²) in [6.07, 6.45) is -3.93. The minimum absolute atomic E-state index is 0.233. The van der Waals surface area contributed by atoms with E-state index < -0.39 is 29.7 Å². The molecule has 2 unspecified atom stereocenters. The first-order chi connectivity index (χ1) is 10.7. The van der Waals surface area contributed by atoms with Crippen molar-refractivity contribution in [2.75, 3.05) is 13.1 Å². The molecule has 5 nitrogen and oxygen atoms in total. The average Bonchev–Trinajstić information content (AvgIpc) is 2.96. The molecule has 2 atom stereocenters. The van der Waals surface area contributed by atoms with Gasteiger partial charge in [0.2, 0.25) is 5.91 Å². The maximum absolute atomic E-state index is 12.7. The lowest BCUT2D eigenvalue weighted by Crippen LogP contribution is -2.40. The second-order valence-electron chi connectivity index (χ2n) is 5.63. The summed E-state index contributed by atoms with van der Waals surface area (Å²) in [6.45, 7) is 2.24. The maximum atomic E-state index is 12.7. The van der Waals surface area contributed by atoms with Crippen molar-refractivity contribution in [2.24, 2.45) is 11.7 Å². The highest BCUT2D eigenvalue weighted by Crippen LogP contribution is 2.30. The van der Waals surface area contributed by atoms with E-state index in [1.807, 2.05) is 0 Å². The predicted octanol–water partition coefficient (Wildman–Crippen LogP) is 2.28. The van der Waals surface area contributed by atoms with Crippen LogP contribution in [0.15, 0.2) is 24.3 Å². The van der Waals surface area contributed by atoms with Crippen LogP contribution >= 0.6 is 0 Å². The molecule has 8 heteroatoms. The molecule has 0 radical (unpaired) electrons. The highest BCUT2D eigenvalue weighted by Gasteiger charge is 2.32. The fourth-order valence-electron chi connectivity index (χ4n) is 2.52. The average molecular weight is 329 g/mol. The minimum Gasteiger partial charge on any atom is -0.369 e. The van der Waals surface area contributed by atoms with E-state index in [4.69, 9.17) is 5.73 Å². The first-order valence-corrected chi connectivity index (χ1v) is 7.20. The lowest BCUT2D eigenvalue weighted by Gasteiger charge is -2.21. The Bertz CT molecular complexity index is 604. The summed E-state index contributed by atoms with van der Waals surface area (Å²) in [5.74, 6) is -0.823. The number of nitrogens with zero attached hydrogens (tertiary/aromatic N) is 1. The zero-order chi connectivity index (χ0) is 17.2. The van der Waals surface area contributed by atoms with Crippen molar-refractivity contribution >= 4 is 11.9 Å². The zero-order valence-electron chi connectivity index (χ0n) is 12.6. The van der Waals surface area contributed by atoms with Gasteiger partial charge in [-0.3, -0.25) is 4.79 Å². The van der Waals surface area contributed by atoms with Crippen molar-refractivity contribution in [1.82, 2.24) is 10.2 Å². The first-order valence-electron chi connectivity index (χ1n) is 7.20. The Morgan fingerprint density at radius 3 is 2.65 bits per heavy atom. The van der Waals surface area contributed by atoms with Gasteiger partial charge in [0.05, 0.1) is 17.5 Å². The fraction of sp³-hybridized carbons (Fsp3) is 0.467. The van der Waals surface area contributed by atoms with Crippen LogP contribution in [0.25, 0.3) is 0 Å². The topological polar surface area (TPSA) is 75.4 Å². The van der Waals surface area contributed by atoms with Gasteiger partial charge < -0.3 is 16.0 Å². The van der Waals surface area contributed by atoms with Gasteiger partial charge in [-0.1, -0.05) is 12.1 Å². The molecule has 1 saturated heterocycles. The zero-order valence-corrected chi connectivity index (χ0v) is 12.6. The van der Waals surface area contributed by atoms with Gasteiger partial charge in [-0.25, -0.2) is 4.79 Å². The summed E-state index contributed by atoms with van der Waals surface area (Å²) in [6, 6.07) is 3.82. The molecule has 1 aromatic rings. The van der Waals surface area contributed by atoms with E-state index in [-0.39, 0.29) is 12.5 Å². The lowest BCUT2D eigenvalue weighted by molar-refractivity contribution is -0.137. The number of benzene rings is 1. The first kappa shape index (κ1) is 17.1. The highest BCUT2D eigenvalue weighted by molar-refractivity contribution is 5.80. The molecule has 1 aliphatic heterocycles. The monoisotopic (exact) mass is 329 g/mol. The van der Waals surface area contributed by atoms with Crippen LogP contribution < -0.4 is 11.1 Å². The van der Waals surface area contributed by atoms with Gasteiger partial charge in [0.1, 0.15) is 0 Å². The molecule has 3 amide bonds. The Hall–Kier alpha value is -2.25. The highest BCUT2D eigenvalue weighted by atomic mass is 19.4. The van der Waals surface area contributed by atoms with Crippen LogP contribution in [-0.2, 0) is 11.0 Å². The SMILES string of the molecule is CC(NC(=O)N1CCC(C(N)=O)C1)c1cccc(C(F)(F)F)c1. The molecule has 0 bridgehead atoms. The van der Waals surface area contributed by atoms with Crippen molar-refractivity contribution in [3.63, 3.8) is 0 Å². The van der Waals surface area contributed by atoms with Crippen molar-refractivity contribution in [2.45, 2.75) is 25.6 Å². The van der Waals surface area contributed by atoms with Gasteiger partial charge >= 0.3 is 12.2 Å². The van der Waals surface area contributed by atoms with Crippen molar-refractivity contribution < 1.29 is 22.8 Å². The third kappa shape index (κ3) is 4.14. The number of likely N-dealkylation sites (tertiary alicyclic amines) is 1. The van der Waals surface area contributed by atoms with Crippen LogP contribution in [0.2, 0.25) is 0 Å². The quantitative estimate of drug-likeness (QED) is 0.893. The molecule has 0 spiro atoms. The van der Waals surface area contributed by atoms with Crippen molar-refractivity contribution in [1.29, 1.82) is 0 Å². The van der Waals surface area contributed by atoms with E-state index in [0.29, 0.717) is 18.5 Å². The molecule has 1 aliphatic rings. The van der Waals surface area contributed by atoms with Gasteiger partial charge in [0, 0.05) is 13.1 Å². The normalized spacial score (nSPS) is 19.5. The molecule has 3 N–H and O–H groups in total. The number of hydrogen-bond acceptors (Lipinski definition) is 2. The number of nitrogens with two attached hydrogens (primary N) is 1. The number of carbonyl (C=O) groups is 2. The van der Waals surface area contributed by atoms with Crippen LogP contribution in [0.1, 0.15) is 30.5 Å². The third-order valence-electron chi connectivity index (χ3n) is 3.93. The van der Waals surface area contributed by atoms with Gasteiger partial charge in [0.25, 0.3) is 0 Å². The molecule has 0 aromatic heterocycles. The number of carbonyl (C=O) groups excluding carboxylic acids is 2. The van der Waals surface area contributed by atoms with E-state index in [1.54, 1.807) is 6.92 Å². The van der Waals surface area contributed by atoms with Crippen LogP contribution in [0.4, 0.5) is 18.0 Å². The molecule has 23 heavy (non-hydrogen) atoms. The molecule has 0 aliphatic carbocycles. The number of nitrogens with one attached hydrogen (secondary N) is 1. The Labute approximate surface area is 131 Å². The van der Waals surface area contributed by atoms with E-state index in [1.165, 1.54) is 17.0 Å². The number of alkyl halides is 3. The van der Waals surface area contributed by atoms with Gasteiger partial charge in [0.15, 0.2) is 0 Å². The van der Waals surface area contributed by atoms with Crippen LogP contribution in [0.3, 0.4) is 0 Å². The number of urea groups is 1. The van der Waals surface area contributed by atoms with E-state index in [9.17, 15) is 22.8 Å². The van der Waals surface area contributed by atoms with Gasteiger partial charge in [-0.2, -0.15) is 13.2 Å². The van der Waals surface area contributed by atoms with E-state index >= 15 is 0 Å².